The molecule has 1 aromatic carbocycles. The topological polar surface area (TPSA) is 60.8 Å². The van der Waals surface area contributed by atoms with Crippen LogP contribution < -0.4 is 0 Å². The Morgan fingerprint density at radius 3 is 2.71 bits per heavy atom. The Labute approximate surface area is 125 Å². The summed E-state index contributed by atoms with van der Waals surface area (Å²) < 4.78 is 0. The molecule has 1 aliphatic heterocycles. The summed E-state index contributed by atoms with van der Waals surface area (Å²) in [7, 11) is 0. The van der Waals surface area contributed by atoms with Crippen molar-refractivity contribution in [1.29, 1.82) is 0 Å². The standard InChI is InChI=1S/C17H23NO3/c1-17(21)8-9-18(11-15(17)19)16(20)14-7-6-12-4-2-3-5-13(12)10-14/h6-7,10,15,19,21H,2-5,8-9,11H2,1H3/t15-,17+/m0/s1. The minimum absolute atomic E-state index is 0.0436. The lowest BCUT2D eigenvalue weighted by atomic mass is 9.89. The highest BCUT2D eigenvalue weighted by Crippen LogP contribution is 2.25. The fraction of sp³-hybridized carbons (Fsp3) is 0.588. The first-order valence-corrected chi connectivity index (χ1v) is 7.79. The van der Waals surface area contributed by atoms with Gasteiger partial charge in [0.1, 0.15) is 0 Å². The van der Waals surface area contributed by atoms with Crippen molar-refractivity contribution < 1.29 is 15.0 Å². The Morgan fingerprint density at radius 1 is 1.29 bits per heavy atom. The molecule has 4 nitrogen and oxygen atoms in total. The van der Waals surface area contributed by atoms with Crippen molar-refractivity contribution in [1.82, 2.24) is 4.90 Å². The summed E-state index contributed by atoms with van der Waals surface area (Å²) in [6.07, 6.45) is 4.10. The van der Waals surface area contributed by atoms with Gasteiger partial charge in [0.25, 0.3) is 5.91 Å². The van der Waals surface area contributed by atoms with Crippen molar-refractivity contribution in [3.8, 4) is 0 Å². The van der Waals surface area contributed by atoms with Crippen LogP contribution in [0.25, 0.3) is 0 Å². The summed E-state index contributed by atoms with van der Waals surface area (Å²) in [5.74, 6) is -0.0436. The van der Waals surface area contributed by atoms with E-state index in [1.807, 2.05) is 12.1 Å². The van der Waals surface area contributed by atoms with Crippen LogP contribution in [-0.2, 0) is 12.8 Å². The first kappa shape index (κ1) is 14.5. The lowest BCUT2D eigenvalue weighted by Gasteiger charge is -2.40. The van der Waals surface area contributed by atoms with E-state index >= 15 is 0 Å². The van der Waals surface area contributed by atoms with Crippen LogP contribution in [-0.4, -0.2) is 45.8 Å². The average molecular weight is 289 g/mol. The minimum atomic E-state index is -1.09. The van der Waals surface area contributed by atoms with Gasteiger partial charge >= 0.3 is 0 Å². The van der Waals surface area contributed by atoms with Gasteiger partial charge in [-0.3, -0.25) is 4.79 Å². The van der Waals surface area contributed by atoms with Gasteiger partial charge in [0.15, 0.2) is 0 Å². The van der Waals surface area contributed by atoms with E-state index in [1.165, 1.54) is 24.0 Å². The summed E-state index contributed by atoms with van der Waals surface area (Å²) in [5, 5.41) is 19.9. The molecule has 114 valence electrons. The smallest absolute Gasteiger partial charge is 0.253 e. The number of nitrogens with zero attached hydrogens (tertiary/aromatic N) is 1. The summed E-state index contributed by atoms with van der Waals surface area (Å²) in [5.41, 5.74) is 2.26. The largest absolute Gasteiger partial charge is 0.388 e. The predicted octanol–water partition coefficient (Wildman–Crippen LogP) is 1.52. The van der Waals surface area contributed by atoms with Gasteiger partial charge in [-0.1, -0.05) is 6.07 Å². The first-order chi connectivity index (χ1) is 9.97. The average Bonchev–Trinajstić information content (AvgIpc) is 2.49. The van der Waals surface area contributed by atoms with Crippen molar-refractivity contribution in [2.45, 2.75) is 50.7 Å². The van der Waals surface area contributed by atoms with Crippen LogP contribution in [0.15, 0.2) is 18.2 Å². The van der Waals surface area contributed by atoms with Crippen molar-refractivity contribution in [2.24, 2.45) is 0 Å². The van der Waals surface area contributed by atoms with E-state index in [2.05, 4.69) is 6.07 Å². The number of β-amino-alcohol motifs (C(OH)–C–C–N with tert-alkyl or cyclic N) is 1. The number of hydrogen-bond donors (Lipinski definition) is 2. The summed E-state index contributed by atoms with van der Waals surface area (Å²) in [4.78, 5) is 14.2. The third-order valence-electron chi connectivity index (χ3n) is 4.88. The molecule has 1 aliphatic carbocycles. The monoisotopic (exact) mass is 289 g/mol. The van der Waals surface area contributed by atoms with Crippen LogP contribution in [0.1, 0.15) is 47.7 Å². The minimum Gasteiger partial charge on any atom is -0.388 e. The number of likely N-dealkylation sites (tertiary alicyclic amines) is 1. The van der Waals surface area contributed by atoms with E-state index in [0.29, 0.717) is 18.5 Å². The molecule has 0 spiro atoms. The number of piperidine rings is 1. The van der Waals surface area contributed by atoms with Crippen LogP contribution in [0.5, 0.6) is 0 Å². The second-order valence-electron chi connectivity index (χ2n) is 6.56. The third kappa shape index (κ3) is 2.83. The Hall–Kier alpha value is -1.39. The number of carbonyl (C=O) groups excluding carboxylic acids is 1. The number of aliphatic hydroxyl groups is 2. The van der Waals surface area contributed by atoms with Crippen LogP contribution >= 0.6 is 0 Å². The van der Waals surface area contributed by atoms with Gasteiger partial charge in [0.2, 0.25) is 0 Å². The van der Waals surface area contributed by atoms with Gasteiger partial charge in [0.05, 0.1) is 11.7 Å². The van der Waals surface area contributed by atoms with E-state index in [9.17, 15) is 15.0 Å². The van der Waals surface area contributed by atoms with Gasteiger partial charge in [-0.2, -0.15) is 0 Å². The van der Waals surface area contributed by atoms with Crippen LogP contribution in [0.3, 0.4) is 0 Å². The zero-order valence-electron chi connectivity index (χ0n) is 12.5. The predicted molar refractivity (Wildman–Crippen MR) is 80.2 cm³/mol. The lowest BCUT2D eigenvalue weighted by Crippen LogP contribution is -2.55. The van der Waals surface area contributed by atoms with Gasteiger partial charge in [-0.15, -0.1) is 0 Å². The lowest BCUT2D eigenvalue weighted by molar-refractivity contribution is -0.0999. The Morgan fingerprint density at radius 2 is 2.00 bits per heavy atom. The molecule has 1 saturated heterocycles. The molecule has 2 N–H and O–H groups in total. The molecule has 1 heterocycles. The molecule has 0 aromatic heterocycles. The molecule has 4 heteroatoms. The van der Waals surface area contributed by atoms with Crippen molar-refractivity contribution in [2.75, 3.05) is 13.1 Å². The number of rotatable bonds is 1. The summed E-state index contributed by atoms with van der Waals surface area (Å²) >= 11 is 0. The maximum Gasteiger partial charge on any atom is 0.253 e. The van der Waals surface area contributed by atoms with E-state index in [4.69, 9.17) is 0 Å². The van der Waals surface area contributed by atoms with Crippen molar-refractivity contribution in [3.05, 3.63) is 34.9 Å². The number of amides is 1. The van der Waals surface area contributed by atoms with Crippen LogP contribution in [0.4, 0.5) is 0 Å². The number of fused-ring (bicyclic) bond motifs is 1. The van der Waals surface area contributed by atoms with Gasteiger partial charge in [-0.05, 0) is 62.3 Å². The Kier molecular flexibility index (Phi) is 3.76. The molecule has 0 bridgehead atoms. The molecular weight excluding hydrogens is 266 g/mol. The third-order valence-corrected chi connectivity index (χ3v) is 4.88. The molecule has 0 unspecified atom stereocenters. The van der Waals surface area contributed by atoms with E-state index in [1.54, 1.807) is 11.8 Å². The quantitative estimate of drug-likeness (QED) is 0.824. The molecule has 21 heavy (non-hydrogen) atoms. The van der Waals surface area contributed by atoms with Gasteiger partial charge in [-0.25, -0.2) is 0 Å². The molecule has 1 aromatic rings. The Balaban J connectivity index is 1.77. The van der Waals surface area contributed by atoms with Crippen molar-refractivity contribution >= 4 is 5.91 Å². The highest BCUT2D eigenvalue weighted by atomic mass is 16.3. The number of aryl methyl sites for hydroxylation is 2. The zero-order chi connectivity index (χ0) is 15.0. The summed E-state index contributed by atoms with van der Waals surface area (Å²) in [6.45, 7) is 2.31. The van der Waals surface area contributed by atoms with Crippen molar-refractivity contribution in [3.63, 3.8) is 0 Å². The maximum absolute atomic E-state index is 12.6. The number of benzene rings is 1. The Bertz CT molecular complexity index is 553. The number of carbonyl (C=O) groups is 1. The van der Waals surface area contributed by atoms with E-state index in [0.717, 1.165) is 12.8 Å². The number of hydrogen-bond acceptors (Lipinski definition) is 3. The SMILES string of the molecule is C[C@@]1(O)CCN(C(=O)c2ccc3c(c2)CCCC3)C[C@@H]1O. The normalized spacial score (nSPS) is 29.1. The second kappa shape index (κ2) is 5.43. The van der Waals surface area contributed by atoms with Crippen LogP contribution in [0, 0.1) is 0 Å². The first-order valence-electron chi connectivity index (χ1n) is 7.79. The van der Waals surface area contributed by atoms with E-state index in [-0.39, 0.29) is 12.5 Å². The molecule has 0 saturated carbocycles. The maximum atomic E-state index is 12.6. The van der Waals surface area contributed by atoms with Gasteiger partial charge < -0.3 is 15.1 Å². The molecule has 1 fully saturated rings. The number of aliphatic hydroxyl groups excluding tert-OH is 1. The highest BCUT2D eigenvalue weighted by molar-refractivity contribution is 5.94. The molecule has 2 aliphatic rings. The molecule has 0 radical (unpaired) electrons. The molecular formula is C17H23NO3. The fourth-order valence-electron chi connectivity index (χ4n) is 3.26. The van der Waals surface area contributed by atoms with Crippen LogP contribution in [0.2, 0.25) is 0 Å². The fourth-order valence-corrected chi connectivity index (χ4v) is 3.26. The second-order valence-corrected chi connectivity index (χ2v) is 6.56. The molecule has 1 amide bonds. The summed E-state index contributed by atoms with van der Waals surface area (Å²) in [6, 6.07) is 5.97. The molecule has 2 atom stereocenters. The van der Waals surface area contributed by atoms with Gasteiger partial charge in [0, 0.05) is 18.7 Å². The highest BCUT2D eigenvalue weighted by Gasteiger charge is 2.38. The zero-order valence-corrected chi connectivity index (χ0v) is 12.5. The molecule has 3 rings (SSSR count). The van der Waals surface area contributed by atoms with E-state index < -0.39 is 11.7 Å².